The molecule has 0 aromatic carbocycles. The standard InChI is InChI=1S/C14H29N3O/c1-15-11-14(5-3-10-18-13-14)12-17-7-4-6-16(2)8-9-17/h15H,3-13H2,1-2H3. The van der Waals surface area contributed by atoms with E-state index in [0.717, 1.165) is 19.8 Å². The minimum absolute atomic E-state index is 0.343. The van der Waals surface area contributed by atoms with E-state index in [9.17, 15) is 0 Å². The largest absolute Gasteiger partial charge is 0.381 e. The molecular weight excluding hydrogens is 226 g/mol. The zero-order chi connectivity index (χ0) is 12.8. The van der Waals surface area contributed by atoms with Gasteiger partial charge in [-0.1, -0.05) is 0 Å². The van der Waals surface area contributed by atoms with Crippen molar-refractivity contribution in [3.63, 3.8) is 0 Å². The molecule has 4 nitrogen and oxygen atoms in total. The fourth-order valence-corrected chi connectivity index (χ4v) is 3.34. The molecule has 0 aromatic heterocycles. The second kappa shape index (κ2) is 6.85. The quantitative estimate of drug-likeness (QED) is 0.798. The number of ether oxygens (including phenoxy) is 1. The van der Waals surface area contributed by atoms with Crippen molar-refractivity contribution in [3.05, 3.63) is 0 Å². The molecule has 0 amide bonds. The smallest absolute Gasteiger partial charge is 0.0546 e. The van der Waals surface area contributed by atoms with Crippen LogP contribution in [0.3, 0.4) is 0 Å². The molecule has 0 aliphatic carbocycles. The van der Waals surface area contributed by atoms with Crippen molar-refractivity contribution in [2.75, 3.05) is 66.6 Å². The van der Waals surface area contributed by atoms with Crippen molar-refractivity contribution in [2.24, 2.45) is 5.41 Å². The topological polar surface area (TPSA) is 27.7 Å². The van der Waals surface area contributed by atoms with Crippen LogP contribution >= 0.6 is 0 Å². The average Bonchev–Trinajstić information content (AvgIpc) is 2.56. The van der Waals surface area contributed by atoms with Crippen molar-refractivity contribution in [2.45, 2.75) is 19.3 Å². The molecule has 2 fully saturated rings. The van der Waals surface area contributed by atoms with Crippen LogP contribution in [0.1, 0.15) is 19.3 Å². The summed E-state index contributed by atoms with van der Waals surface area (Å²) in [5.41, 5.74) is 0.343. The Morgan fingerprint density at radius 1 is 1.17 bits per heavy atom. The lowest BCUT2D eigenvalue weighted by Crippen LogP contribution is -2.49. The van der Waals surface area contributed by atoms with Gasteiger partial charge < -0.3 is 19.9 Å². The van der Waals surface area contributed by atoms with Crippen LogP contribution in [0.25, 0.3) is 0 Å². The summed E-state index contributed by atoms with van der Waals surface area (Å²) in [7, 11) is 4.29. The lowest BCUT2D eigenvalue weighted by Gasteiger charge is -2.40. The first kappa shape index (κ1) is 14.3. The van der Waals surface area contributed by atoms with Gasteiger partial charge in [0.2, 0.25) is 0 Å². The van der Waals surface area contributed by atoms with E-state index in [1.807, 2.05) is 0 Å². The summed E-state index contributed by atoms with van der Waals surface area (Å²) in [4.78, 5) is 5.09. The van der Waals surface area contributed by atoms with Gasteiger partial charge in [0.1, 0.15) is 0 Å². The first-order valence-electron chi connectivity index (χ1n) is 7.37. The Kier molecular flexibility index (Phi) is 5.42. The molecule has 1 N–H and O–H groups in total. The monoisotopic (exact) mass is 255 g/mol. The molecule has 1 atom stereocenters. The van der Waals surface area contributed by atoms with E-state index in [4.69, 9.17) is 4.74 Å². The van der Waals surface area contributed by atoms with E-state index in [1.165, 1.54) is 52.0 Å². The van der Waals surface area contributed by atoms with Crippen molar-refractivity contribution in [1.82, 2.24) is 15.1 Å². The molecule has 0 aromatic rings. The molecule has 0 bridgehead atoms. The molecule has 2 saturated heterocycles. The van der Waals surface area contributed by atoms with Crippen LogP contribution in [-0.2, 0) is 4.74 Å². The van der Waals surface area contributed by atoms with Crippen LogP contribution in [0.2, 0.25) is 0 Å². The molecular formula is C14H29N3O. The highest BCUT2D eigenvalue weighted by Gasteiger charge is 2.34. The number of hydrogen-bond donors (Lipinski definition) is 1. The maximum absolute atomic E-state index is 5.75. The van der Waals surface area contributed by atoms with Crippen LogP contribution in [0.5, 0.6) is 0 Å². The summed E-state index contributed by atoms with van der Waals surface area (Å²) in [6.45, 7) is 9.07. The Labute approximate surface area is 112 Å². The second-order valence-electron chi connectivity index (χ2n) is 6.12. The van der Waals surface area contributed by atoms with E-state index in [2.05, 4.69) is 29.2 Å². The Morgan fingerprint density at radius 2 is 2.06 bits per heavy atom. The molecule has 18 heavy (non-hydrogen) atoms. The fraction of sp³-hybridized carbons (Fsp3) is 1.00. The third-order valence-electron chi connectivity index (χ3n) is 4.33. The Balaban J connectivity index is 1.90. The van der Waals surface area contributed by atoms with E-state index in [1.54, 1.807) is 0 Å². The van der Waals surface area contributed by atoms with Gasteiger partial charge in [-0.3, -0.25) is 0 Å². The van der Waals surface area contributed by atoms with Gasteiger partial charge in [-0.15, -0.1) is 0 Å². The summed E-state index contributed by atoms with van der Waals surface area (Å²) < 4.78 is 5.75. The van der Waals surface area contributed by atoms with Gasteiger partial charge in [-0.25, -0.2) is 0 Å². The second-order valence-corrected chi connectivity index (χ2v) is 6.12. The lowest BCUT2D eigenvalue weighted by atomic mass is 9.81. The van der Waals surface area contributed by atoms with Gasteiger partial charge in [0.05, 0.1) is 6.61 Å². The van der Waals surface area contributed by atoms with E-state index in [-0.39, 0.29) is 0 Å². The Morgan fingerprint density at radius 3 is 2.78 bits per heavy atom. The predicted octanol–water partition coefficient (Wildman–Crippen LogP) is 0.640. The summed E-state index contributed by atoms with van der Waals surface area (Å²) in [6.07, 6.45) is 3.82. The summed E-state index contributed by atoms with van der Waals surface area (Å²) in [5, 5.41) is 3.38. The number of hydrogen-bond acceptors (Lipinski definition) is 4. The van der Waals surface area contributed by atoms with Gasteiger partial charge >= 0.3 is 0 Å². The Bertz CT molecular complexity index is 236. The SMILES string of the molecule is CNCC1(CN2CCCN(C)CC2)CCCOC1. The summed E-state index contributed by atoms with van der Waals surface area (Å²) >= 11 is 0. The van der Waals surface area contributed by atoms with Crippen LogP contribution in [0, 0.1) is 5.41 Å². The first-order valence-corrected chi connectivity index (χ1v) is 7.37. The number of rotatable bonds is 4. The minimum Gasteiger partial charge on any atom is -0.381 e. The first-order chi connectivity index (χ1) is 8.74. The molecule has 0 saturated carbocycles. The fourth-order valence-electron chi connectivity index (χ4n) is 3.34. The van der Waals surface area contributed by atoms with Gasteiger partial charge in [-0.05, 0) is 46.4 Å². The van der Waals surface area contributed by atoms with Gasteiger partial charge in [-0.2, -0.15) is 0 Å². The van der Waals surface area contributed by atoms with Gasteiger partial charge in [0, 0.05) is 38.2 Å². The van der Waals surface area contributed by atoms with Crippen molar-refractivity contribution >= 4 is 0 Å². The average molecular weight is 255 g/mol. The molecule has 0 spiro atoms. The maximum Gasteiger partial charge on any atom is 0.0546 e. The normalized spacial score (nSPS) is 32.3. The van der Waals surface area contributed by atoms with E-state index >= 15 is 0 Å². The summed E-state index contributed by atoms with van der Waals surface area (Å²) in [5.74, 6) is 0. The van der Waals surface area contributed by atoms with Crippen LogP contribution in [0.4, 0.5) is 0 Å². The number of likely N-dealkylation sites (N-methyl/N-ethyl adjacent to an activating group) is 1. The molecule has 4 heteroatoms. The van der Waals surface area contributed by atoms with Crippen LogP contribution < -0.4 is 5.32 Å². The highest BCUT2D eigenvalue weighted by atomic mass is 16.5. The van der Waals surface area contributed by atoms with Crippen molar-refractivity contribution < 1.29 is 4.74 Å². The molecule has 106 valence electrons. The zero-order valence-electron chi connectivity index (χ0n) is 12.1. The molecule has 2 rings (SSSR count). The van der Waals surface area contributed by atoms with Crippen molar-refractivity contribution in [1.29, 1.82) is 0 Å². The van der Waals surface area contributed by atoms with Gasteiger partial charge in [0.25, 0.3) is 0 Å². The summed E-state index contributed by atoms with van der Waals surface area (Å²) in [6, 6.07) is 0. The number of nitrogens with one attached hydrogen (secondary N) is 1. The maximum atomic E-state index is 5.75. The lowest BCUT2D eigenvalue weighted by molar-refractivity contribution is -0.0247. The molecule has 0 radical (unpaired) electrons. The Hall–Kier alpha value is -0.160. The highest BCUT2D eigenvalue weighted by molar-refractivity contribution is 4.87. The van der Waals surface area contributed by atoms with E-state index < -0.39 is 0 Å². The third-order valence-corrected chi connectivity index (χ3v) is 4.33. The molecule has 2 aliphatic rings. The third kappa shape index (κ3) is 3.92. The minimum atomic E-state index is 0.343. The van der Waals surface area contributed by atoms with Crippen LogP contribution in [0.15, 0.2) is 0 Å². The molecule has 1 unspecified atom stereocenters. The zero-order valence-corrected chi connectivity index (χ0v) is 12.1. The molecule has 2 aliphatic heterocycles. The molecule has 2 heterocycles. The number of nitrogens with zero attached hydrogens (tertiary/aromatic N) is 2. The van der Waals surface area contributed by atoms with E-state index in [0.29, 0.717) is 5.41 Å². The highest BCUT2D eigenvalue weighted by Crippen LogP contribution is 2.29. The van der Waals surface area contributed by atoms with Crippen molar-refractivity contribution in [3.8, 4) is 0 Å². The van der Waals surface area contributed by atoms with Gasteiger partial charge in [0.15, 0.2) is 0 Å². The van der Waals surface area contributed by atoms with Crippen LogP contribution in [-0.4, -0.2) is 76.4 Å². The predicted molar refractivity (Wildman–Crippen MR) is 75.0 cm³/mol.